The van der Waals surface area contributed by atoms with Gasteiger partial charge in [-0.15, -0.1) is 0 Å². The van der Waals surface area contributed by atoms with Gasteiger partial charge >= 0.3 is 0 Å². The fraction of sp³-hybridized carbons (Fsp3) is 0.545. The molecule has 3 aliphatic carbocycles. The number of nitrogens with one attached hydrogen (secondary N) is 1. The van der Waals surface area contributed by atoms with Crippen molar-refractivity contribution >= 4 is 16.7 Å². The van der Waals surface area contributed by atoms with E-state index in [2.05, 4.69) is 5.48 Å². The molecule has 1 aliphatic heterocycles. The zero-order chi connectivity index (χ0) is 28.5. The molecule has 0 saturated heterocycles. The second-order valence-corrected chi connectivity index (χ2v) is 13.2. The van der Waals surface area contributed by atoms with Crippen molar-refractivity contribution in [3.63, 3.8) is 0 Å². The minimum atomic E-state index is -1.09. The van der Waals surface area contributed by atoms with Crippen molar-refractivity contribution in [1.82, 2.24) is 0 Å². The second-order valence-electron chi connectivity index (χ2n) is 13.2. The molecule has 41 heavy (non-hydrogen) atoms. The van der Waals surface area contributed by atoms with Gasteiger partial charge in [0, 0.05) is 34.9 Å². The minimum Gasteiger partial charge on any atom is -0.489 e. The highest BCUT2D eigenvalue weighted by atomic mass is 16.5. The maximum absolute atomic E-state index is 14.7. The van der Waals surface area contributed by atoms with Crippen LogP contribution in [0.3, 0.4) is 0 Å². The highest BCUT2D eigenvalue weighted by Crippen LogP contribution is 2.59. The fourth-order valence-corrected chi connectivity index (χ4v) is 7.81. The first-order chi connectivity index (χ1) is 19.7. The maximum atomic E-state index is 14.7. The van der Waals surface area contributed by atoms with Gasteiger partial charge < -0.3 is 24.1 Å². The summed E-state index contributed by atoms with van der Waals surface area (Å²) < 4.78 is 19.4. The van der Waals surface area contributed by atoms with E-state index in [1.807, 2.05) is 12.1 Å². The van der Waals surface area contributed by atoms with Gasteiger partial charge in [-0.3, -0.25) is 15.5 Å². The molecule has 2 fully saturated rings. The van der Waals surface area contributed by atoms with Crippen molar-refractivity contribution in [2.24, 2.45) is 5.41 Å². The van der Waals surface area contributed by atoms with E-state index >= 15 is 0 Å². The number of rotatable bonds is 5. The Balaban J connectivity index is 1.46. The molecule has 3 aromatic rings. The average molecular weight is 562 g/mol. The first-order valence-corrected chi connectivity index (χ1v) is 15.1. The number of fused-ring (bicyclic) bond motifs is 3. The lowest BCUT2D eigenvalue weighted by atomic mass is 9.64. The molecule has 2 saturated carbocycles. The predicted octanol–water partition coefficient (Wildman–Crippen LogP) is 6.12. The van der Waals surface area contributed by atoms with Gasteiger partial charge in [0.05, 0.1) is 17.4 Å². The molecule has 4 N–H and O–H groups in total. The number of ether oxygens (including phenoxy) is 2. The molecule has 0 amide bonds. The Bertz CT molecular complexity index is 1520. The lowest BCUT2D eigenvalue weighted by Crippen LogP contribution is -2.39. The van der Waals surface area contributed by atoms with Crippen molar-refractivity contribution in [3.05, 3.63) is 63.0 Å². The van der Waals surface area contributed by atoms with Gasteiger partial charge in [0.1, 0.15) is 40.4 Å². The predicted molar refractivity (Wildman–Crippen MR) is 154 cm³/mol. The Morgan fingerprint density at radius 3 is 2.44 bits per heavy atom. The van der Waals surface area contributed by atoms with E-state index in [1.165, 1.54) is 0 Å². The Kier molecular flexibility index (Phi) is 6.37. The van der Waals surface area contributed by atoms with Gasteiger partial charge in [-0.25, -0.2) is 0 Å². The molecule has 8 nitrogen and oxygen atoms in total. The largest absolute Gasteiger partial charge is 0.489 e. The first-order valence-electron chi connectivity index (χ1n) is 15.1. The summed E-state index contributed by atoms with van der Waals surface area (Å²) in [5, 5.41) is 32.3. The molecule has 2 aromatic carbocycles. The molecule has 1 aromatic heterocycles. The quantitative estimate of drug-likeness (QED) is 0.275. The first kappa shape index (κ1) is 26.8. The van der Waals surface area contributed by atoms with E-state index in [0.29, 0.717) is 52.3 Å². The zero-order valence-corrected chi connectivity index (χ0v) is 23.7. The van der Waals surface area contributed by atoms with E-state index in [1.54, 1.807) is 32.0 Å². The maximum Gasteiger partial charge on any atom is 0.200 e. The molecule has 0 unspecified atom stereocenters. The van der Waals surface area contributed by atoms with Crippen LogP contribution in [-0.4, -0.2) is 33.2 Å². The average Bonchev–Trinajstić information content (AvgIpc) is 3.72. The molecule has 1 spiro atoms. The van der Waals surface area contributed by atoms with Crippen LogP contribution in [-0.2, 0) is 6.42 Å². The molecule has 3 atom stereocenters. The van der Waals surface area contributed by atoms with Crippen molar-refractivity contribution < 1.29 is 29.3 Å². The fourth-order valence-electron chi connectivity index (χ4n) is 7.81. The molecule has 8 heteroatoms. The molecule has 218 valence electrons. The third kappa shape index (κ3) is 4.34. The third-order valence-corrected chi connectivity index (χ3v) is 10.1. The van der Waals surface area contributed by atoms with Crippen LogP contribution in [0.2, 0.25) is 0 Å². The number of hydrogen-bond donors (Lipinski definition) is 4. The van der Waals surface area contributed by atoms with E-state index < -0.39 is 17.8 Å². The monoisotopic (exact) mass is 561 g/mol. The number of hydrogen-bond acceptors (Lipinski definition) is 8. The van der Waals surface area contributed by atoms with E-state index in [9.17, 15) is 20.2 Å². The summed E-state index contributed by atoms with van der Waals surface area (Å²) in [6.45, 7) is 3.45. The Hall–Kier alpha value is -3.07. The van der Waals surface area contributed by atoms with Crippen LogP contribution in [0, 0.1) is 5.41 Å². The molecular weight excluding hydrogens is 522 g/mol. The van der Waals surface area contributed by atoms with Gasteiger partial charge in [-0.05, 0) is 76.5 Å². The van der Waals surface area contributed by atoms with Gasteiger partial charge in [0.15, 0.2) is 0 Å². The van der Waals surface area contributed by atoms with E-state index in [-0.39, 0.29) is 22.9 Å². The van der Waals surface area contributed by atoms with Crippen LogP contribution in [0.15, 0.2) is 39.5 Å². The Morgan fingerprint density at radius 2 is 1.78 bits per heavy atom. The van der Waals surface area contributed by atoms with Gasteiger partial charge in [-0.1, -0.05) is 25.0 Å². The number of aliphatic hydroxyl groups excluding tert-OH is 1. The number of anilines is 1. The van der Waals surface area contributed by atoms with E-state index in [4.69, 9.17) is 13.9 Å². The highest BCUT2D eigenvalue weighted by Gasteiger charge is 2.51. The van der Waals surface area contributed by atoms with E-state index in [0.717, 1.165) is 62.5 Å². The molecule has 2 heterocycles. The zero-order valence-electron chi connectivity index (χ0n) is 23.7. The van der Waals surface area contributed by atoms with Crippen LogP contribution in [0.5, 0.6) is 11.5 Å². The molecule has 7 rings (SSSR count). The summed E-state index contributed by atoms with van der Waals surface area (Å²) in [4.78, 5) is 14.7. The SMILES string of the molecule is CC(C)(O)[C@@H]1Cc2c(cc3oc4c(c(=O)c3c2OC2CCCC2)[C@@H](c2ccc(NO)cc2)CC2(CCCC2)[C@@H]4O)O1. The summed E-state index contributed by atoms with van der Waals surface area (Å²) >= 11 is 0. The van der Waals surface area contributed by atoms with Gasteiger partial charge in [0.2, 0.25) is 5.43 Å². The second kappa shape index (κ2) is 9.75. The van der Waals surface area contributed by atoms with Crippen molar-refractivity contribution in [3.8, 4) is 11.5 Å². The van der Waals surface area contributed by atoms with Crippen LogP contribution < -0.4 is 20.4 Å². The minimum absolute atomic E-state index is 0.00277. The normalized spacial score (nSPS) is 25.3. The summed E-state index contributed by atoms with van der Waals surface area (Å²) in [6, 6.07) is 9.19. The Labute approximate surface area is 239 Å². The van der Waals surface area contributed by atoms with Crippen LogP contribution >= 0.6 is 0 Å². The third-order valence-electron chi connectivity index (χ3n) is 10.1. The van der Waals surface area contributed by atoms with Crippen LogP contribution in [0.4, 0.5) is 5.69 Å². The summed E-state index contributed by atoms with van der Waals surface area (Å²) in [5.41, 5.74) is 3.70. The number of benzene rings is 2. The lowest BCUT2D eigenvalue weighted by Gasteiger charge is -2.42. The van der Waals surface area contributed by atoms with Gasteiger partial charge in [-0.2, -0.15) is 0 Å². The molecule has 4 aliphatic rings. The topological polar surface area (TPSA) is 121 Å². The van der Waals surface area contributed by atoms with Crippen LogP contribution in [0.25, 0.3) is 11.0 Å². The molecule has 0 radical (unpaired) electrons. The van der Waals surface area contributed by atoms with Gasteiger partial charge in [0.25, 0.3) is 0 Å². The lowest BCUT2D eigenvalue weighted by molar-refractivity contribution is -0.0230. The summed E-state index contributed by atoms with van der Waals surface area (Å²) in [5.74, 6) is 1.13. The summed E-state index contributed by atoms with van der Waals surface area (Å²) in [6.07, 6.45) is 7.53. The number of aliphatic hydroxyl groups is 2. The van der Waals surface area contributed by atoms with Crippen molar-refractivity contribution in [2.45, 2.75) is 108 Å². The van der Waals surface area contributed by atoms with Crippen LogP contribution in [0.1, 0.15) is 106 Å². The van der Waals surface area contributed by atoms with Crippen molar-refractivity contribution in [2.75, 3.05) is 5.48 Å². The highest BCUT2D eigenvalue weighted by molar-refractivity contribution is 5.88. The van der Waals surface area contributed by atoms with Crippen molar-refractivity contribution in [1.29, 1.82) is 0 Å². The molecular formula is C33H39NO7. The Morgan fingerprint density at radius 1 is 1.07 bits per heavy atom. The standard InChI is InChI=1S/C33H39NO7/c1-32(2,37)25-15-21-23(40-25)16-24-27(29(21)39-20-7-3-4-8-20)28(35)26-22(18-9-11-19(34-38)12-10-18)17-33(13-5-6-14-33)31(36)30(26)41-24/h9-12,16,20,22,25,31,34,36-38H,3-8,13-15,17H2,1-2H3/t22-,25+,31-/m1/s1. The smallest absolute Gasteiger partial charge is 0.200 e. The summed E-state index contributed by atoms with van der Waals surface area (Å²) in [7, 11) is 0. The molecule has 0 bridgehead atoms.